The third-order valence-corrected chi connectivity index (χ3v) is 8.69. The number of alkyl halides is 2. The summed E-state index contributed by atoms with van der Waals surface area (Å²) in [5, 5.41) is 13.9. The number of nitrogens with two attached hydrogens (primary N) is 1. The van der Waals surface area contributed by atoms with Gasteiger partial charge >= 0.3 is 6.09 Å². The van der Waals surface area contributed by atoms with E-state index in [0.717, 1.165) is 9.87 Å². The zero-order valence-corrected chi connectivity index (χ0v) is 23.1. The van der Waals surface area contributed by atoms with Crippen molar-refractivity contribution in [3.63, 3.8) is 0 Å². The van der Waals surface area contributed by atoms with Crippen molar-refractivity contribution in [3.05, 3.63) is 60.2 Å². The Bertz CT molecular complexity index is 1250. The van der Waals surface area contributed by atoms with Crippen molar-refractivity contribution < 1.29 is 41.3 Å². The Balaban J connectivity index is 1.52. The molecule has 0 aliphatic carbocycles. The first-order valence-electron chi connectivity index (χ1n) is 13.0. The first-order valence-corrected chi connectivity index (χ1v) is 14.5. The van der Waals surface area contributed by atoms with Gasteiger partial charge in [0.1, 0.15) is 18.6 Å². The molecule has 2 saturated heterocycles. The number of aliphatic hydroxyl groups excluding tert-OH is 1. The van der Waals surface area contributed by atoms with Crippen molar-refractivity contribution in [3.8, 4) is 0 Å². The number of sulfonamides is 1. The van der Waals surface area contributed by atoms with Crippen molar-refractivity contribution in [2.75, 3.05) is 32.0 Å². The minimum absolute atomic E-state index is 0.0111. The van der Waals surface area contributed by atoms with Gasteiger partial charge in [-0.2, -0.15) is 4.31 Å². The quantitative estimate of drug-likeness (QED) is 0.343. The SMILES string of the molecule is CC(C)CN(C[C@H](O)[C@H](Cc1ccccc1)NC(=O)O[C@H]1CO[C@H]2OCC(F)(F)[C@H]21)S(=O)(=O)c1ccc(N)cc1. The van der Waals surface area contributed by atoms with E-state index in [1.807, 2.05) is 13.8 Å². The number of nitrogen functional groups attached to an aromatic ring is 1. The molecule has 4 rings (SSSR count). The second-order valence-electron chi connectivity index (χ2n) is 10.5. The molecule has 4 N–H and O–H groups in total. The van der Waals surface area contributed by atoms with E-state index in [4.69, 9.17) is 19.9 Å². The molecule has 5 atom stereocenters. The molecule has 2 heterocycles. The number of hydrogen-bond donors (Lipinski definition) is 3. The number of ether oxygens (including phenoxy) is 3. The predicted octanol–water partition coefficient (Wildman–Crippen LogP) is 2.62. The van der Waals surface area contributed by atoms with Crippen molar-refractivity contribution in [1.82, 2.24) is 9.62 Å². The van der Waals surface area contributed by atoms with Gasteiger partial charge in [0.05, 0.1) is 23.6 Å². The molecule has 0 spiro atoms. The Kier molecular flexibility index (Phi) is 9.30. The third-order valence-electron chi connectivity index (χ3n) is 6.85. The molecular formula is C27H35F2N3O7S. The van der Waals surface area contributed by atoms with Gasteiger partial charge in [-0.3, -0.25) is 0 Å². The van der Waals surface area contributed by atoms with Crippen LogP contribution in [0.2, 0.25) is 0 Å². The summed E-state index contributed by atoms with van der Waals surface area (Å²) in [6.07, 6.45) is -4.70. The smallest absolute Gasteiger partial charge is 0.407 e. The molecule has 0 radical (unpaired) electrons. The molecular weight excluding hydrogens is 548 g/mol. The number of benzene rings is 2. The predicted molar refractivity (Wildman–Crippen MR) is 142 cm³/mol. The fourth-order valence-electron chi connectivity index (χ4n) is 4.87. The number of alkyl carbamates (subject to hydrolysis) is 1. The van der Waals surface area contributed by atoms with Crippen LogP contribution in [0.4, 0.5) is 19.3 Å². The Hall–Kier alpha value is -2.84. The molecule has 2 aliphatic heterocycles. The lowest BCUT2D eigenvalue weighted by Gasteiger charge is -2.31. The van der Waals surface area contributed by atoms with E-state index in [-0.39, 0.29) is 36.9 Å². The summed E-state index contributed by atoms with van der Waals surface area (Å²) in [6.45, 7) is 2.36. The van der Waals surface area contributed by atoms with E-state index < -0.39 is 59.1 Å². The maximum Gasteiger partial charge on any atom is 0.407 e. The Morgan fingerprint density at radius 1 is 1.15 bits per heavy atom. The molecule has 2 aromatic rings. The first kappa shape index (κ1) is 30.1. The minimum atomic E-state index is -4.02. The van der Waals surface area contributed by atoms with E-state index in [1.165, 1.54) is 24.3 Å². The Labute approximate surface area is 232 Å². The van der Waals surface area contributed by atoms with Gasteiger partial charge in [-0.1, -0.05) is 44.2 Å². The molecule has 220 valence electrons. The summed E-state index contributed by atoms with van der Waals surface area (Å²) in [4.78, 5) is 12.9. The number of aliphatic hydroxyl groups is 1. The summed E-state index contributed by atoms with van der Waals surface area (Å²) in [5.74, 6) is -4.74. The maximum absolute atomic E-state index is 14.3. The Morgan fingerprint density at radius 3 is 2.48 bits per heavy atom. The van der Waals surface area contributed by atoms with Crippen LogP contribution in [0.1, 0.15) is 19.4 Å². The largest absolute Gasteiger partial charge is 0.443 e. The number of halogens is 2. The fraction of sp³-hybridized carbons (Fsp3) is 0.519. The lowest BCUT2D eigenvalue weighted by atomic mass is 9.99. The highest BCUT2D eigenvalue weighted by atomic mass is 32.2. The van der Waals surface area contributed by atoms with Crippen LogP contribution in [0.5, 0.6) is 0 Å². The maximum atomic E-state index is 14.3. The molecule has 0 unspecified atom stereocenters. The number of rotatable bonds is 11. The molecule has 0 bridgehead atoms. The van der Waals surface area contributed by atoms with E-state index in [9.17, 15) is 27.1 Å². The van der Waals surface area contributed by atoms with E-state index in [0.29, 0.717) is 5.69 Å². The summed E-state index contributed by atoms with van der Waals surface area (Å²) in [5.41, 5.74) is 6.87. The number of nitrogens with zero attached hydrogens (tertiary/aromatic N) is 1. The highest BCUT2D eigenvalue weighted by Crippen LogP contribution is 2.43. The normalized spacial score (nSPS) is 23.6. The summed E-state index contributed by atoms with van der Waals surface area (Å²) < 4.78 is 72.1. The van der Waals surface area contributed by atoms with Gasteiger partial charge < -0.3 is 30.4 Å². The standard InChI is InChI=1S/C27H35F2N3O7S/c1-17(2)13-32(40(35,36)20-10-8-19(30)9-11-20)14-22(33)21(12-18-6-4-3-5-7-18)31-26(34)39-23-15-37-25-24(23)27(28,29)16-38-25/h3-11,17,21-25,33H,12-16,30H2,1-2H3,(H,31,34)/t21-,22-,23-,24-,25-/m0/s1. The van der Waals surface area contributed by atoms with E-state index >= 15 is 0 Å². The summed E-state index contributed by atoms with van der Waals surface area (Å²) >= 11 is 0. The molecule has 1 amide bonds. The van der Waals surface area contributed by atoms with Gasteiger partial charge in [0.2, 0.25) is 10.0 Å². The molecule has 13 heteroatoms. The number of carbonyl (C=O) groups excluding carboxylic acids is 1. The van der Waals surface area contributed by atoms with E-state index in [2.05, 4.69) is 5.32 Å². The first-order chi connectivity index (χ1) is 18.9. The zero-order chi connectivity index (χ0) is 29.1. The summed E-state index contributed by atoms with van der Waals surface area (Å²) in [6, 6.07) is 13.7. The Morgan fingerprint density at radius 2 is 1.82 bits per heavy atom. The number of hydrogen-bond acceptors (Lipinski definition) is 8. The topological polar surface area (TPSA) is 140 Å². The average molecular weight is 584 g/mol. The number of anilines is 1. The second kappa shape index (κ2) is 12.4. The van der Waals surface area contributed by atoms with Gasteiger partial charge in [0, 0.05) is 18.8 Å². The molecule has 0 aromatic heterocycles. The van der Waals surface area contributed by atoms with Crippen LogP contribution in [0, 0.1) is 11.8 Å². The van der Waals surface area contributed by atoms with Crippen LogP contribution in [-0.2, 0) is 30.7 Å². The number of fused-ring (bicyclic) bond motifs is 1. The highest BCUT2D eigenvalue weighted by Gasteiger charge is 2.60. The van der Waals surface area contributed by atoms with Gasteiger partial charge in [0.15, 0.2) is 6.29 Å². The average Bonchev–Trinajstić information content (AvgIpc) is 3.44. The van der Waals surface area contributed by atoms with Gasteiger partial charge in [-0.15, -0.1) is 0 Å². The second-order valence-corrected chi connectivity index (χ2v) is 12.5. The van der Waals surface area contributed by atoms with Crippen LogP contribution >= 0.6 is 0 Å². The fourth-order valence-corrected chi connectivity index (χ4v) is 6.49. The monoisotopic (exact) mass is 583 g/mol. The highest BCUT2D eigenvalue weighted by molar-refractivity contribution is 7.89. The molecule has 2 fully saturated rings. The molecule has 2 aromatic carbocycles. The van der Waals surface area contributed by atoms with Crippen LogP contribution in [0.25, 0.3) is 0 Å². The zero-order valence-electron chi connectivity index (χ0n) is 22.3. The lowest BCUT2D eigenvalue weighted by Crippen LogP contribution is -2.52. The van der Waals surface area contributed by atoms with Gasteiger partial charge in [-0.25, -0.2) is 22.0 Å². The van der Waals surface area contributed by atoms with E-state index in [1.54, 1.807) is 30.3 Å². The van der Waals surface area contributed by atoms with Crippen molar-refractivity contribution >= 4 is 21.8 Å². The van der Waals surface area contributed by atoms with Gasteiger partial charge in [0.25, 0.3) is 5.92 Å². The molecule has 10 nitrogen and oxygen atoms in total. The number of amides is 1. The van der Waals surface area contributed by atoms with Crippen LogP contribution in [0.15, 0.2) is 59.5 Å². The van der Waals surface area contributed by atoms with Crippen molar-refractivity contribution in [2.45, 2.75) is 55.6 Å². The number of nitrogens with one attached hydrogen (secondary N) is 1. The van der Waals surface area contributed by atoms with Crippen LogP contribution in [0.3, 0.4) is 0 Å². The van der Waals surface area contributed by atoms with Crippen molar-refractivity contribution in [1.29, 1.82) is 0 Å². The van der Waals surface area contributed by atoms with Crippen LogP contribution in [-0.4, -0.2) is 80.7 Å². The molecule has 2 aliphatic rings. The molecule has 40 heavy (non-hydrogen) atoms. The minimum Gasteiger partial charge on any atom is -0.443 e. The third kappa shape index (κ3) is 7.07. The lowest BCUT2D eigenvalue weighted by molar-refractivity contribution is -0.0953. The molecule has 0 saturated carbocycles. The summed E-state index contributed by atoms with van der Waals surface area (Å²) in [7, 11) is -4.02. The van der Waals surface area contributed by atoms with Crippen LogP contribution < -0.4 is 11.1 Å². The number of carbonyl (C=O) groups is 1. The van der Waals surface area contributed by atoms with Gasteiger partial charge in [-0.05, 0) is 42.2 Å². The van der Waals surface area contributed by atoms with Crippen molar-refractivity contribution in [2.24, 2.45) is 11.8 Å².